The van der Waals surface area contributed by atoms with Gasteiger partial charge in [-0.3, -0.25) is 14.3 Å². The first-order valence-electron chi connectivity index (χ1n) is 10.6. The van der Waals surface area contributed by atoms with Crippen molar-refractivity contribution in [3.05, 3.63) is 78.6 Å². The summed E-state index contributed by atoms with van der Waals surface area (Å²) in [5, 5.41) is 12.4. The van der Waals surface area contributed by atoms with Gasteiger partial charge < -0.3 is 10.1 Å². The molecule has 0 unspecified atom stereocenters. The molecule has 2 heterocycles. The Labute approximate surface area is 197 Å². The van der Waals surface area contributed by atoms with E-state index in [9.17, 15) is 4.79 Å². The average Bonchev–Trinajstić information content (AvgIpc) is 3.27. The smallest absolute Gasteiger partial charge is 0.234 e. The van der Waals surface area contributed by atoms with Crippen LogP contribution < -0.4 is 10.1 Å². The SMILES string of the molecule is COc1ccc(NC(=O)CSc2nnc(-c3cccnc3)n2-c2ccccc2C(C)C)cc1. The highest BCUT2D eigenvalue weighted by atomic mass is 32.2. The maximum absolute atomic E-state index is 12.6. The lowest BCUT2D eigenvalue weighted by molar-refractivity contribution is -0.113. The van der Waals surface area contributed by atoms with Gasteiger partial charge in [0.1, 0.15) is 5.75 Å². The van der Waals surface area contributed by atoms with E-state index in [1.54, 1.807) is 19.5 Å². The van der Waals surface area contributed by atoms with Gasteiger partial charge in [0.15, 0.2) is 11.0 Å². The molecule has 33 heavy (non-hydrogen) atoms. The molecule has 8 heteroatoms. The first kappa shape index (κ1) is 22.5. The van der Waals surface area contributed by atoms with E-state index in [-0.39, 0.29) is 11.7 Å². The van der Waals surface area contributed by atoms with Gasteiger partial charge in [0.2, 0.25) is 5.91 Å². The molecule has 0 atom stereocenters. The van der Waals surface area contributed by atoms with Crippen LogP contribution in [0.3, 0.4) is 0 Å². The number of rotatable bonds is 8. The van der Waals surface area contributed by atoms with E-state index in [1.165, 1.54) is 17.3 Å². The fourth-order valence-corrected chi connectivity index (χ4v) is 4.19. The minimum Gasteiger partial charge on any atom is -0.497 e. The second kappa shape index (κ2) is 10.3. The van der Waals surface area contributed by atoms with Crippen LogP contribution in [0.15, 0.2) is 78.2 Å². The molecule has 2 aromatic carbocycles. The van der Waals surface area contributed by atoms with Crippen LogP contribution in [0, 0.1) is 0 Å². The van der Waals surface area contributed by atoms with Gasteiger partial charge in [-0.1, -0.05) is 43.8 Å². The van der Waals surface area contributed by atoms with E-state index in [4.69, 9.17) is 4.74 Å². The van der Waals surface area contributed by atoms with Crippen LogP contribution in [0.25, 0.3) is 17.1 Å². The zero-order valence-corrected chi connectivity index (χ0v) is 19.5. The van der Waals surface area contributed by atoms with Crippen molar-refractivity contribution in [3.8, 4) is 22.8 Å². The number of nitrogens with zero attached hydrogens (tertiary/aromatic N) is 4. The molecule has 0 saturated carbocycles. The van der Waals surface area contributed by atoms with Gasteiger partial charge >= 0.3 is 0 Å². The number of carbonyl (C=O) groups excluding carboxylic acids is 1. The summed E-state index contributed by atoms with van der Waals surface area (Å²) in [6, 6.07) is 19.3. The number of methoxy groups -OCH3 is 1. The van der Waals surface area contributed by atoms with Crippen LogP contribution >= 0.6 is 11.8 Å². The monoisotopic (exact) mass is 459 g/mol. The Balaban J connectivity index is 1.62. The molecule has 0 radical (unpaired) electrons. The van der Waals surface area contributed by atoms with E-state index < -0.39 is 0 Å². The lowest BCUT2D eigenvalue weighted by Crippen LogP contribution is -2.14. The molecule has 0 aliphatic heterocycles. The fraction of sp³-hybridized carbons (Fsp3) is 0.200. The minimum absolute atomic E-state index is 0.125. The second-order valence-electron chi connectivity index (χ2n) is 7.66. The molecule has 4 rings (SSSR count). The minimum atomic E-state index is -0.125. The Morgan fingerprint density at radius 3 is 2.55 bits per heavy atom. The van der Waals surface area contributed by atoms with Crippen molar-refractivity contribution >= 4 is 23.4 Å². The Morgan fingerprint density at radius 1 is 1.06 bits per heavy atom. The molecule has 168 valence electrons. The summed E-state index contributed by atoms with van der Waals surface area (Å²) in [7, 11) is 1.61. The molecule has 2 aromatic heterocycles. The molecule has 0 spiro atoms. The van der Waals surface area contributed by atoms with Crippen LogP contribution in [0.2, 0.25) is 0 Å². The lowest BCUT2D eigenvalue weighted by Gasteiger charge is -2.16. The molecule has 0 fully saturated rings. The number of anilines is 1. The van der Waals surface area contributed by atoms with Gasteiger partial charge in [0, 0.05) is 23.6 Å². The number of hydrogen-bond donors (Lipinski definition) is 1. The maximum Gasteiger partial charge on any atom is 0.234 e. The molecule has 1 N–H and O–H groups in total. The van der Waals surface area contributed by atoms with E-state index in [2.05, 4.69) is 46.5 Å². The number of para-hydroxylation sites is 1. The van der Waals surface area contributed by atoms with Gasteiger partial charge in [-0.15, -0.1) is 10.2 Å². The first-order chi connectivity index (χ1) is 16.1. The summed E-state index contributed by atoms with van der Waals surface area (Å²) in [4.78, 5) is 16.8. The first-order valence-corrected chi connectivity index (χ1v) is 11.6. The summed E-state index contributed by atoms with van der Waals surface area (Å²) in [6.07, 6.45) is 3.49. The van der Waals surface area contributed by atoms with Crippen molar-refractivity contribution in [1.82, 2.24) is 19.7 Å². The molecule has 0 saturated heterocycles. The van der Waals surface area contributed by atoms with Gasteiger partial charge in [-0.05, 0) is 53.9 Å². The van der Waals surface area contributed by atoms with Crippen LogP contribution in [-0.4, -0.2) is 38.5 Å². The number of carbonyl (C=O) groups is 1. The summed E-state index contributed by atoms with van der Waals surface area (Å²) < 4.78 is 7.17. The van der Waals surface area contributed by atoms with Crippen molar-refractivity contribution in [2.45, 2.75) is 24.9 Å². The number of nitrogens with one attached hydrogen (secondary N) is 1. The van der Waals surface area contributed by atoms with Gasteiger partial charge in [-0.2, -0.15) is 0 Å². The quantitative estimate of drug-likeness (QED) is 0.365. The maximum atomic E-state index is 12.6. The average molecular weight is 460 g/mol. The number of benzene rings is 2. The number of thioether (sulfide) groups is 1. The Hall–Kier alpha value is -3.65. The molecular formula is C25H25N5O2S. The Kier molecular flexibility index (Phi) is 7.04. The predicted molar refractivity (Wildman–Crippen MR) is 131 cm³/mol. The van der Waals surface area contributed by atoms with Crippen LogP contribution in [-0.2, 0) is 4.79 Å². The van der Waals surface area contributed by atoms with E-state index in [1.807, 2.05) is 53.1 Å². The zero-order valence-electron chi connectivity index (χ0n) is 18.7. The standard InChI is InChI=1S/C25H25N5O2S/c1-17(2)21-8-4-5-9-22(21)30-24(18-7-6-14-26-15-18)28-29-25(30)33-16-23(31)27-19-10-12-20(32-3)13-11-19/h4-15,17H,16H2,1-3H3,(H,27,31). The molecule has 1 amide bonds. The van der Waals surface area contributed by atoms with Crippen LogP contribution in [0.4, 0.5) is 5.69 Å². The van der Waals surface area contributed by atoms with Crippen molar-refractivity contribution < 1.29 is 9.53 Å². The van der Waals surface area contributed by atoms with Crippen molar-refractivity contribution in [2.75, 3.05) is 18.2 Å². The number of pyridine rings is 1. The van der Waals surface area contributed by atoms with Crippen molar-refractivity contribution in [3.63, 3.8) is 0 Å². The van der Waals surface area contributed by atoms with Crippen LogP contribution in [0.5, 0.6) is 5.75 Å². The predicted octanol–water partition coefficient (Wildman–Crippen LogP) is 5.19. The Bertz CT molecular complexity index is 1220. The molecule has 0 aliphatic rings. The second-order valence-corrected chi connectivity index (χ2v) is 8.60. The summed E-state index contributed by atoms with van der Waals surface area (Å²) >= 11 is 1.35. The summed E-state index contributed by atoms with van der Waals surface area (Å²) in [5.74, 6) is 1.80. The number of hydrogen-bond acceptors (Lipinski definition) is 6. The normalized spacial score (nSPS) is 10.9. The zero-order chi connectivity index (χ0) is 23.2. The fourth-order valence-electron chi connectivity index (χ4n) is 3.44. The number of amides is 1. The topological polar surface area (TPSA) is 81.9 Å². The third-order valence-corrected chi connectivity index (χ3v) is 5.99. The Morgan fingerprint density at radius 2 is 1.85 bits per heavy atom. The van der Waals surface area contributed by atoms with Gasteiger partial charge in [-0.25, -0.2) is 0 Å². The molecule has 0 aliphatic carbocycles. The summed E-state index contributed by atoms with van der Waals surface area (Å²) in [5.41, 5.74) is 3.74. The van der Waals surface area contributed by atoms with Crippen molar-refractivity contribution in [1.29, 1.82) is 0 Å². The molecule has 7 nitrogen and oxygen atoms in total. The third-order valence-electron chi connectivity index (χ3n) is 5.06. The third kappa shape index (κ3) is 5.23. The van der Waals surface area contributed by atoms with Gasteiger partial charge in [0.25, 0.3) is 0 Å². The van der Waals surface area contributed by atoms with Gasteiger partial charge in [0.05, 0.1) is 18.6 Å². The number of aromatic nitrogens is 4. The van der Waals surface area contributed by atoms with E-state index in [0.29, 0.717) is 22.6 Å². The summed E-state index contributed by atoms with van der Waals surface area (Å²) in [6.45, 7) is 4.31. The number of ether oxygens (including phenoxy) is 1. The highest BCUT2D eigenvalue weighted by Crippen LogP contribution is 2.32. The van der Waals surface area contributed by atoms with E-state index in [0.717, 1.165) is 17.0 Å². The lowest BCUT2D eigenvalue weighted by atomic mass is 10.0. The highest BCUT2D eigenvalue weighted by molar-refractivity contribution is 7.99. The molecule has 4 aromatic rings. The molecule has 0 bridgehead atoms. The largest absolute Gasteiger partial charge is 0.497 e. The van der Waals surface area contributed by atoms with E-state index >= 15 is 0 Å². The molecular weight excluding hydrogens is 434 g/mol. The highest BCUT2D eigenvalue weighted by Gasteiger charge is 2.20. The van der Waals surface area contributed by atoms with Crippen LogP contribution in [0.1, 0.15) is 25.3 Å². The van der Waals surface area contributed by atoms with Crippen molar-refractivity contribution in [2.24, 2.45) is 0 Å².